The zero-order valence-electron chi connectivity index (χ0n) is 18.4. The second kappa shape index (κ2) is 9.27. The van der Waals surface area contributed by atoms with Crippen LogP contribution < -0.4 is 5.73 Å². The van der Waals surface area contributed by atoms with Crippen molar-refractivity contribution in [3.63, 3.8) is 0 Å². The summed E-state index contributed by atoms with van der Waals surface area (Å²) in [5, 5.41) is 0. The van der Waals surface area contributed by atoms with Gasteiger partial charge in [-0.2, -0.15) is 0 Å². The summed E-state index contributed by atoms with van der Waals surface area (Å²) >= 11 is 0. The Morgan fingerprint density at radius 2 is 1.15 bits per heavy atom. The average Bonchev–Trinajstić information content (AvgIpc) is 3.43. The Bertz CT molecular complexity index is 1170. The van der Waals surface area contributed by atoms with Crippen molar-refractivity contribution in [2.75, 3.05) is 0 Å². The lowest BCUT2D eigenvalue weighted by molar-refractivity contribution is 0.528. The van der Waals surface area contributed by atoms with Gasteiger partial charge in [0.1, 0.15) is 0 Å². The van der Waals surface area contributed by atoms with Gasteiger partial charge in [-0.05, 0) is 27.8 Å². The van der Waals surface area contributed by atoms with Crippen LogP contribution in [0.3, 0.4) is 0 Å². The molecular weight excluding hydrogens is 402 g/mol. The third-order valence-corrected chi connectivity index (χ3v) is 6.50. The third kappa shape index (κ3) is 3.77. The number of rotatable bonds is 7. The molecule has 0 saturated carbocycles. The van der Waals surface area contributed by atoms with Crippen molar-refractivity contribution in [1.29, 1.82) is 0 Å². The maximum atomic E-state index is 5.91. The Hall–Kier alpha value is -3.95. The number of H-pyrrole nitrogens is 1. The van der Waals surface area contributed by atoms with Gasteiger partial charge in [0.25, 0.3) is 0 Å². The Morgan fingerprint density at radius 3 is 1.55 bits per heavy atom. The smallest absolute Gasteiger partial charge is 0.0921 e. The first-order valence-corrected chi connectivity index (χ1v) is 11.3. The monoisotopic (exact) mass is 429 g/mol. The van der Waals surface area contributed by atoms with Crippen LogP contribution in [0.1, 0.15) is 39.4 Å². The first kappa shape index (κ1) is 20.9. The van der Waals surface area contributed by atoms with Crippen LogP contribution in [0.4, 0.5) is 0 Å². The molecule has 162 valence electrons. The Labute approximate surface area is 195 Å². The minimum atomic E-state index is -0.486. The first-order valence-electron chi connectivity index (χ1n) is 11.3. The molecule has 5 rings (SSSR count). The van der Waals surface area contributed by atoms with Crippen LogP contribution in [0.2, 0.25) is 0 Å². The van der Waals surface area contributed by atoms with Gasteiger partial charge in [0.15, 0.2) is 0 Å². The number of benzene rings is 4. The molecule has 1 atom stereocenters. The van der Waals surface area contributed by atoms with E-state index in [0.717, 1.165) is 11.3 Å². The van der Waals surface area contributed by atoms with Gasteiger partial charge in [-0.15, -0.1) is 0 Å². The van der Waals surface area contributed by atoms with Crippen LogP contribution in [-0.2, 0) is 12.0 Å². The summed E-state index contributed by atoms with van der Waals surface area (Å²) in [7, 11) is 0. The molecule has 1 aromatic heterocycles. The van der Waals surface area contributed by atoms with Gasteiger partial charge >= 0.3 is 0 Å². The van der Waals surface area contributed by atoms with Gasteiger partial charge in [-0.25, -0.2) is 4.98 Å². The highest BCUT2D eigenvalue weighted by Gasteiger charge is 2.45. The molecule has 0 spiro atoms. The largest absolute Gasteiger partial charge is 0.348 e. The molecule has 0 fully saturated rings. The zero-order chi connectivity index (χ0) is 22.5. The van der Waals surface area contributed by atoms with Gasteiger partial charge in [0.05, 0.1) is 11.7 Å². The van der Waals surface area contributed by atoms with E-state index in [1.165, 1.54) is 22.3 Å². The summed E-state index contributed by atoms with van der Waals surface area (Å²) in [4.78, 5) is 7.86. The van der Waals surface area contributed by atoms with Gasteiger partial charge in [-0.1, -0.05) is 115 Å². The number of nitrogens with two attached hydrogens (primary N) is 1. The molecule has 0 aliphatic heterocycles. The Kier molecular flexibility index (Phi) is 5.88. The highest BCUT2D eigenvalue weighted by atomic mass is 14.9. The molecule has 0 radical (unpaired) electrons. The van der Waals surface area contributed by atoms with Crippen molar-refractivity contribution in [2.45, 2.75) is 17.9 Å². The second-order valence-corrected chi connectivity index (χ2v) is 8.29. The SMILES string of the molecule is NCc1ccc(C(c2cnc[nH]2)C(c2ccccc2)(c2ccccc2)c2ccccc2)cc1. The Balaban J connectivity index is 1.90. The van der Waals surface area contributed by atoms with E-state index in [4.69, 9.17) is 5.73 Å². The van der Waals surface area contributed by atoms with Gasteiger partial charge in [0.2, 0.25) is 0 Å². The number of hydrogen-bond acceptors (Lipinski definition) is 2. The van der Waals surface area contributed by atoms with E-state index >= 15 is 0 Å². The quantitative estimate of drug-likeness (QED) is 0.310. The van der Waals surface area contributed by atoms with Gasteiger partial charge < -0.3 is 10.7 Å². The molecule has 0 saturated heterocycles. The average molecular weight is 430 g/mol. The molecule has 4 aromatic carbocycles. The van der Waals surface area contributed by atoms with Crippen LogP contribution in [0.15, 0.2) is 128 Å². The van der Waals surface area contributed by atoms with Crippen molar-refractivity contribution >= 4 is 0 Å². The van der Waals surface area contributed by atoms with Crippen LogP contribution in [0.5, 0.6) is 0 Å². The predicted molar refractivity (Wildman–Crippen MR) is 134 cm³/mol. The number of aromatic amines is 1. The van der Waals surface area contributed by atoms with Crippen molar-refractivity contribution in [2.24, 2.45) is 5.73 Å². The summed E-state index contributed by atoms with van der Waals surface area (Å²) in [5.74, 6) is -0.0426. The van der Waals surface area contributed by atoms with Crippen molar-refractivity contribution in [1.82, 2.24) is 9.97 Å². The lowest BCUT2D eigenvalue weighted by Gasteiger charge is -2.43. The number of hydrogen-bond donors (Lipinski definition) is 2. The maximum Gasteiger partial charge on any atom is 0.0921 e. The van der Waals surface area contributed by atoms with E-state index < -0.39 is 5.41 Å². The van der Waals surface area contributed by atoms with E-state index in [1.807, 2.05) is 6.20 Å². The van der Waals surface area contributed by atoms with E-state index in [9.17, 15) is 0 Å². The van der Waals surface area contributed by atoms with Gasteiger partial charge in [-0.3, -0.25) is 0 Å². The summed E-state index contributed by atoms with van der Waals surface area (Å²) < 4.78 is 0. The molecule has 33 heavy (non-hydrogen) atoms. The number of aromatic nitrogens is 2. The van der Waals surface area contributed by atoms with Crippen LogP contribution in [0.25, 0.3) is 0 Å². The lowest BCUT2D eigenvalue weighted by Crippen LogP contribution is -2.37. The van der Waals surface area contributed by atoms with Crippen molar-refractivity contribution in [3.8, 4) is 0 Å². The maximum absolute atomic E-state index is 5.91. The highest BCUT2D eigenvalue weighted by molar-refractivity contribution is 5.57. The molecule has 1 unspecified atom stereocenters. The van der Waals surface area contributed by atoms with Crippen LogP contribution in [0, 0.1) is 0 Å². The fourth-order valence-electron chi connectivity index (χ4n) is 5.04. The summed E-state index contributed by atoms with van der Waals surface area (Å²) in [5.41, 5.74) is 12.5. The normalized spacial score (nSPS) is 12.4. The molecule has 0 aliphatic rings. The molecule has 0 amide bonds. The zero-order valence-corrected chi connectivity index (χ0v) is 18.4. The Morgan fingerprint density at radius 1 is 0.667 bits per heavy atom. The summed E-state index contributed by atoms with van der Waals surface area (Å²) in [6.07, 6.45) is 3.72. The fourth-order valence-corrected chi connectivity index (χ4v) is 5.04. The fraction of sp³-hybridized carbons (Fsp3) is 0.100. The molecule has 1 heterocycles. The van der Waals surface area contributed by atoms with E-state index in [0.29, 0.717) is 6.54 Å². The molecule has 3 heteroatoms. The molecular formula is C30H27N3. The predicted octanol–water partition coefficient (Wildman–Crippen LogP) is 6.03. The molecule has 3 nitrogen and oxygen atoms in total. The second-order valence-electron chi connectivity index (χ2n) is 8.29. The number of nitrogens with one attached hydrogen (secondary N) is 1. The molecule has 0 aliphatic carbocycles. The highest BCUT2D eigenvalue weighted by Crippen LogP contribution is 2.52. The van der Waals surface area contributed by atoms with E-state index in [-0.39, 0.29) is 5.92 Å². The van der Waals surface area contributed by atoms with E-state index in [1.54, 1.807) is 6.33 Å². The number of imidazole rings is 1. The molecule has 3 N–H and O–H groups in total. The standard InChI is InChI=1S/C30H27N3/c31-20-23-16-18-24(19-17-23)29(28-21-32-22-33-28)30(25-10-4-1-5-11-25,26-12-6-2-7-13-26)27-14-8-3-9-15-27/h1-19,21-22,29H,20,31H2,(H,32,33). The topological polar surface area (TPSA) is 54.7 Å². The molecule has 5 aromatic rings. The minimum Gasteiger partial charge on any atom is -0.348 e. The van der Waals surface area contributed by atoms with Crippen molar-refractivity contribution < 1.29 is 0 Å². The minimum absolute atomic E-state index is 0.0426. The van der Waals surface area contributed by atoms with Gasteiger partial charge in [0, 0.05) is 24.4 Å². The van der Waals surface area contributed by atoms with E-state index in [2.05, 4.69) is 125 Å². The number of nitrogens with zero attached hydrogens (tertiary/aromatic N) is 1. The molecule has 0 bridgehead atoms. The summed E-state index contributed by atoms with van der Waals surface area (Å²) in [6, 6.07) is 41.0. The summed E-state index contributed by atoms with van der Waals surface area (Å²) in [6.45, 7) is 0.524. The van der Waals surface area contributed by atoms with Crippen LogP contribution >= 0.6 is 0 Å². The lowest BCUT2D eigenvalue weighted by atomic mass is 9.59. The first-order chi connectivity index (χ1) is 16.3. The third-order valence-electron chi connectivity index (χ3n) is 6.50. The van der Waals surface area contributed by atoms with Crippen molar-refractivity contribution in [3.05, 3.63) is 161 Å². The van der Waals surface area contributed by atoms with Crippen LogP contribution in [-0.4, -0.2) is 9.97 Å².